The van der Waals surface area contributed by atoms with Crippen molar-refractivity contribution in [2.45, 2.75) is 38.8 Å². The highest BCUT2D eigenvalue weighted by atomic mass is 16.5. The fourth-order valence-corrected chi connectivity index (χ4v) is 1.89. The first-order valence-corrected chi connectivity index (χ1v) is 5.61. The first-order valence-electron chi connectivity index (χ1n) is 5.61. The highest BCUT2D eigenvalue weighted by Crippen LogP contribution is 2.26. The topological polar surface area (TPSA) is 34.1 Å². The van der Waals surface area contributed by atoms with E-state index in [9.17, 15) is 0 Å². The van der Waals surface area contributed by atoms with Gasteiger partial charge in [-0.1, -0.05) is 6.92 Å². The first-order chi connectivity index (χ1) is 7.29. The van der Waals surface area contributed by atoms with Gasteiger partial charge in [-0.05, 0) is 38.4 Å². The number of nitrogens with one attached hydrogen (secondary N) is 1. The Morgan fingerprint density at radius 1 is 1.53 bits per heavy atom. The minimum Gasteiger partial charge on any atom is -0.488 e. The van der Waals surface area contributed by atoms with Gasteiger partial charge in [0.05, 0.1) is 5.69 Å². The third-order valence-corrected chi connectivity index (χ3v) is 2.84. The van der Waals surface area contributed by atoms with Crippen LogP contribution in [0.5, 0.6) is 5.75 Å². The van der Waals surface area contributed by atoms with Gasteiger partial charge in [-0.3, -0.25) is 4.98 Å². The molecule has 3 heteroatoms. The van der Waals surface area contributed by atoms with Gasteiger partial charge < -0.3 is 10.1 Å². The molecular weight excluding hydrogens is 188 g/mol. The molecule has 0 aromatic carbocycles. The number of rotatable bonds is 4. The van der Waals surface area contributed by atoms with E-state index < -0.39 is 0 Å². The third-order valence-electron chi connectivity index (χ3n) is 2.84. The summed E-state index contributed by atoms with van der Waals surface area (Å²) < 4.78 is 5.86. The maximum absolute atomic E-state index is 5.86. The summed E-state index contributed by atoms with van der Waals surface area (Å²) in [5.74, 6) is 0.928. The quantitative estimate of drug-likeness (QED) is 0.817. The SMILES string of the molecule is CCNC1CC(Oc2cccnc2C)C1. The van der Waals surface area contributed by atoms with Gasteiger partial charge in [0, 0.05) is 12.2 Å². The molecule has 1 saturated carbocycles. The van der Waals surface area contributed by atoms with E-state index in [4.69, 9.17) is 4.74 Å². The van der Waals surface area contributed by atoms with E-state index >= 15 is 0 Å². The average molecular weight is 206 g/mol. The van der Waals surface area contributed by atoms with E-state index in [1.165, 1.54) is 0 Å². The van der Waals surface area contributed by atoms with Crippen LogP contribution in [0.25, 0.3) is 0 Å². The lowest BCUT2D eigenvalue weighted by Gasteiger charge is -2.35. The molecule has 0 unspecified atom stereocenters. The van der Waals surface area contributed by atoms with Gasteiger partial charge >= 0.3 is 0 Å². The molecule has 1 aromatic rings. The Hall–Kier alpha value is -1.09. The normalized spacial score (nSPS) is 24.7. The van der Waals surface area contributed by atoms with E-state index in [-0.39, 0.29) is 0 Å². The fourth-order valence-electron chi connectivity index (χ4n) is 1.89. The molecule has 1 aliphatic carbocycles. The highest BCUT2D eigenvalue weighted by molar-refractivity contribution is 5.25. The molecule has 82 valence electrons. The average Bonchev–Trinajstić information content (AvgIpc) is 2.18. The zero-order chi connectivity index (χ0) is 10.7. The Kier molecular flexibility index (Phi) is 3.21. The number of pyridine rings is 1. The van der Waals surface area contributed by atoms with E-state index in [1.807, 2.05) is 19.1 Å². The molecule has 0 aliphatic heterocycles. The third kappa shape index (κ3) is 2.48. The van der Waals surface area contributed by atoms with Crippen LogP contribution in [0, 0.1) is 6.92 Å². The molecule has 1 N–H and O–H groups in total. The summed E-state index contributed by atoms with van der Waals surface area (Å²) in [5.41, 5.74) is 0.976. The second kappa shape index (κ2) is 4.62. The molecule has 3 nitrogen and oxygen atoms in total. The van der Waals surface area contributed by atoms with Crippen LogP contribution in [-0.4, -0.2) is 23.7 Å². The first kappa shape index (κ1) is 10.4. The van der Waals surface area contributed by atoms with Crippen molar-refractivity contribution in [1.82, 2.24) is 10.3 Å². The minimum atomic E-state index is 0.372. The molecule has 0 bridgehead atoms. The van der Waals surface area contributed by atoms with Crippen LogP contribution in [0.4, 0.5) is 0 Å². The Bertz CT molecular complexity index is 321. The summed E-state index contributed by atoms with van der Waals surface area (Å²) in [6.45, 7) is 5.17. The van der Waals surface area contributed by atoms with E-state index in [0.29, 0.717) is 12.1 Å². The summed E-state index contributed by atoms with van der Waals surface area (Å²) in [4.78, 5) is 4.21. The van der Waals surface area contributed by atoms with Crippen LogP contribution < -0.4 is 10.1 Å². The number of aryl methyl sites for hydroxylation is 1. The van der Waals surface area contributed by atoms with E-state index in [1.54, 1.807) is 6.20 Å². The summed E-state index contributed by atoms with van der Waals surface area (Å²) in [7, 11) is 0. The molecule has 0 radical (unpaired) electrons. The Morgan fingerprint density at radius 2 is 2.33 bits per heavy atom. The van der Waals surface area contributed by atoms with Crippen LogP contribution in [0.3, 0.4) is 0 Å². The zero-order valence-corrected chi connectivity index (χ0v) is 9.36. The standard InChI is InChI=1S/C12H18N2O/c1-3-13-10-7-11(8-10)15-12-5-4-6-14-9(12)2/h4-6,10-11,13H,3,7-8H2,1-2H3. The molecule has 1 fully saturated rings. The van der Waals surface area contributed by atoms with Crippen LogP contribution in [-0.2, 0) is 0 Å². The maximum Gasteiger partial charge on any atom is 0.140 e. The van der Waals surface area contributed by atoms with Crippen LogP contribution in [0.15, 0.2) is 18.3 Å². The van der Waals surface area contributed by atoms with Crippen molar-refractivity contribution in [2.75, 3.05) is 6.54 Å². The molecule has 15 heavy (non-hydrogen) atoms. The summed E-state index contributed by atoms with van der Waals surface area (Å²) in [6.07, 6.45) is 4.39. The van der Waals surface area contributed by atoms with Gasteiger partial charge in [-0.25, -0.2) is 0 Å². The predicted molar refractivity (Wildman–Crippen MR) is 60.1 cm³/mol. The molecular formula is C12H18N2O. The molecule has 2 rings (SSSR count). The molecule has 1 heterocycles. The van der Waals surface area contributed by atoms with Crippen molar-refractivity contribution in [3.63, 3.8) is 0 Å². The van der Waals surface area contributed by atoms with Gasteiger partial charge in [0.15, 0.2) is 0 Å². The molecule has 1 aliphatic rings. The second-order valence-corrected chi connectivity index (χ2v) is 4.05. The molecule has 1 aromatic heterocycles. The largest absolute Gasteiger partial charge is 0.488 e. The number of hydrogen-bond acceptors (Lipinski definition) is 3. The molecule has 0 atom stereocenters. The van der Waals surface area contributed by atoms with Gasteiger partial charge in [-0.15, -0.1) is 0 Å². The van der Waals surface area contributed by atoms with Crippen molar-refractivity contribution in [2.24, 2.45) is 0 Å². The van der Waals surface area contributed by atoms with Gasteiger partial charge in [-0.2, -0.15) is 0 Å². The van der Waals surface area contributed by atoms with Gasteiger partial charge in [0.2, 0.25) is 0 Å². The molecule has 0 spiro atoms. The number of nitrogens with zero attached hydrogens (tertiary/aromatic N) is 1. The number of aromatic nitrogens is 1. The number of hydrogen-bond donors (Lipinski definition) is 1. The second-order valence-electron chi connectivity index (χ2n) is 4.05. The van der Waals surface area contributed by atoms with Crippen molar-refractivity contribution in [3.8, 4) is 5.75 Å². The lowest BCUT2D eigenvalue weighted by atomic mass is 9.89. The summed E-state index contributed by atoms with van der Waals surface area (Å²) >= 11 is 0. The van der Waals surface area contributed by atoms with Crippen LogP contribution in [0.1, 0.15) is 25.5 Å². The van der Waals surface area contributed by atoms with Crippen molar-refractivity contribution >= 4 is 0 Å². The maximum atomic E-state index is 5.86. The van der Waals surface area contributed by atoms with Crippen LogP contribution >= 0.6 is 0 Å². The monoisotopic (exact) mass is 206 g/mol. The fraction of sp³-hybridized carbons (Fsp3) is 0.583. The smallest absolute Gasteiger partial charge is 0.140 e. The Balaban J connectivity index is 1.82. The predicted octanol–water partition coefficient (Wildman–Crippen LogP) is 1.91. The Labute approximate surface area is 90.9 Å². The molecule has 0 saturated heterocycles. The minimum absolute atomic E-state index is 0.372. The Morgan fingerprint density at radius 3 is 3.00 bits per heavy atom. The summed E-state index contributed by atoms with van der Waals surface area (Å²) in [6, 6.07) is 4.56. The highest BCUT2D eigenvalue weighted by Gasteiger charge is 2.30. The lowest BCUT2D eigenvalue weighted by Crippen LogP contribution is -2.46. The van der Waals surface area contributed by atoms with Crippen LogP contribution in [0.2, 0.25) is 0 Å². The van der Waals surface area contributed by atoms with E-state index in [0.717, 1.165) is 30.8 Å². The summed E-state index contributed by atoms with van der Waals surface area (Å²) in [5, 5.41) is 3.42. The van der Waals surface area contributed by atoms with Gasteiger partial charge in [0.1, 0.15) is 11.9 Å². The van der Waals surface area contributed by atoms with Crippen molar-refractivity contribution in [1.29, 1.82) is 0 Å². The molecule has 0 amide bonds. The van der Waals surface area contributed by atoms with E-state index in [2.05, 4.69) is 17.2 Å². The van der Waals surface area contributed by atoms with Crippen molar-refractivity contribution < 1.29 is 4.74 Å². The zero-order valence-electron chi connectivity index (χ0n) is 9.36. The van der Waals surface area contributed by atoms with Crippen molar-refractivity contribution in [3.05, 3.63) is 24.0 Å². The lowest BCUT2D eigenvalue weighted by molar-refractivity contribution is 0.0848. The number of ether oxygens (including phenoxy) is 1. The van der Waals surface area contributed by atoms with Gasteiger partial charge in [0.25, 0.3) is 0 Å².